The SMILES string of the molecule is NC(Cc1ccc(OC(F)(F)C(F)F)cc1)C(O)c1ccc(F)cc1. The highest BCUT2D eigenvalue weighted by atomic mass is 19.3. The highest BCUT2D eigenvalue weighted by molar-refractivity contribution is 5.29. The van der Waals surface area contributed by atoms with Gasteiger partial charge >= 0.3 is 12.5 Å². The van der Waals surface area contributed by atoms with Gasteiger partial charge in [0.25, 0.3) is 0 Å². The molecule has 0 fully saturated rings. The van der Waals surface area contributed by atoms with Gasteiger partial charge in [0.05, 0.1) is 6.10 Å². The van der Waals surface area contributed by atoms with Crippen LogP contribution in [0.5, 0.6) is 5.75 Å². The molecule has 136 valence electrons. The van der Waals surface area contributed by atoms with Crippen LogP contribution < -0.4 is 10.5 Å². The fraction of sp³-hybridized carbons (Fsp3) is 0.294. The van der Waals surface area contributed by atoms with Crippen molar-refractivity contribution in [3.05, 3.63) is 65.5 Å². The topological polar surface area (TPSA) is 55.5 Å². The van der Waals surface area contributed by atoms with Crippen molar-refractivity contribution in [2.24, 2.45) is 5.73 Å². The number of aliphatic hydroxyl groups excluding tert-OH is 1. The van der Waals surface area contributed by atoms with E-state index in [1.807, 2.05) is 0 Å². The maximum Gasteiger partial charge on any atom is 0.461 e. The lowest BCUT2D eigenvalue weighted by atomic mass is 9.97. The average molecular weight is 361 g/mol. The Morgan fingerprint density at radius 3 is 2.08 bits per heavy atom. The van der Waals surface area contributed by atoms with Crippen molar-refractivity contribution >= 4 is 0 Å². The number of hydrogen-bond donors (Lipinski definition) is 2. The minimum absolute atomic E-state index is 0.185. The van der Waals surface area contributed by atoms with Gasteiger partial charge in [0, 0.05) is 6.04 Å². The first kappa shape index (κ1) is 19.1. The summed E-state index contributed by atoms with van der Waals surface area (Å²) in [6, 6.07) is 9.46. The van der Waals surface area contributed by atoms with Crippen molar-refractivity contribution in [2.45, 2.75) is 31.1 Å². The van der Waals surface area contributed by atoms with Gasteiger partial charge in [-0.2, -0.15) is 17.6 Å². The maximum absolute atomic E-state index is 12.9. The molecule has 0 aromatic heterocycles. The fourth-order valence-corrected chi connectivity index (χ4v) is 2.19. The Morgan fingerprint density at radius 2 is 1.56 bits per heavy atom. The molecule has 0 aliphatic rings. The van der Waals surface area contributed by atoms with Gasteiger partial charge in [-0.05, 0) is 41.8 Å². The quantitative estimate of drug-likeness (QED) is 0.740. The van der Waals surface area contributed by atoms with Crippen LogP contribution in [0.1, 0.15) is 17.2 Å². The molecule has 8 heteroatoms. The second-order valence-electron chi connectivity index (χ2n) is 5.47. The first-order valence-electron chi connectivity index (χ1n) is 7.32. The highest BCUT2D eigenvalue weighted by Gasteiger charge is 2.43. The number of benzene rings is 2. The fourth-order valence-electron chi connectivity index (χ4n) is 2.19. The summed E-state index contributed by atoms with van der Waals surface area (Å²) in [4.78, 5) is 0. The lowest BCUT2D eigenvalue weighted by Crippen LogP contribution is -2.33. The summed E-state index contributed by atoms with van der Waals surface area (Å²) in [6.07, 6.45) is -9.38. The lowest BCUT2D eigenvalue weighted by Gasteiger charge is -2.20. The predicted octanol–water partition coefficient (Wildman–Crippen LogP) is 3.67. The van der Waals surface area contributed by atoms with Gasteiger partial charge in [0.15, 0.2) is 0 Å². The molecule has 0 spiro atoms. The van der Waals surface area contributed by atoms with Crippen LogP contribution in [0.25, 0.3) is 0 Å². The van der Waals surface area contributed by atoms with Gasteiger partial charge in [-0.3, -0.25) is 0 Å². The van der Waals surface area contributed by atoms with Gasteiger partial charge in [-0.15, -0.1) is 0 Å². The van der Waals surface area contributed by atoms with Crippen molar-refractivity contribution in [1.29, 1.82) is 0 Å². The number of hydrogen-bond acceptors (Lipinski definition) is 3. The standard InChI is InChI=1S/C17H16F5NO2/c18-12-5-3-11(4-6-12)15(24)14(23)9-10-1-7-13(8-2-10)25-17(21,22)16(19)20/h1-8,14-16,24H,9,23H2. The van der Waals surface area contributed by atoms with Gasteiger partial charge in [0.2, 0.25) is 0 Å². The molecule has 0 saturated heterocycles. The molecule has 0 radical (unpaired) electrons. The molecule has 3 nitrogen and oxygen atoms in total. The smallest absolute Gasteiger partial charge is 0.428 e. The third kappa shape index (κ3) is 5.14. The molecule has 0 heterocycles. The van der Waals surface area contributed by atoms with Crippen LogP contribution in [0.4, 0.5) is 22.0 Å². The van der Waals surface area contributed by atoms with E-state index in [2.05, 4.69) is 4.74 Å². The molecule has 2 aromatic carbocycles. The van der Waals surface area contributed by atoms with Gasteiger partial charge in [-0.1, -0.05) is 24.3 Å². The summed E-state index contributed by atoms with van der Waals surface area (Å²) < 4.78 is 66.6. The molecular weight excluding hydrogens is 345 g/mol. The van der Waals surface area contributed by atoms with Crippen LogP contribution in [-0.4, -0.2) is 23.7 Å². The Bertz CT molecular complexity index is 676. The van der Waals surface area contributed by atoms with E-state index in [-0.39, 0.29) is 6.42 Å². The molecule has 0 bridgehead atoms. The third-order valence-electron chi connectivity index (χ3n) is 3.52. The monoisotopic (exact) mass is 361 g/mol. The van der Waals surface area contributed by atoms with E-state index in [1.54, 1.807) is 0 Å². The van der Waals surface area contributed by atoms with E-state index >= 15 is 0 Å². The molecule has 2 atom stereocenters. The summed E-state index contributed by atoms with van der Waals surface area (Å²) in [6.45, 7) is 0. The number of nitrogens with two attached hydrogens (primary N) is 1. The second-order valence-corrected chi connectivity index (χ2v) is 5.47. The number of ether oxygens (including phenoxy) is 1. The van der Waals surface area contributed by atoms with E-state index in [0.29, 0.717) is 11.1 Å². The minimum atomic E-state index is -4.57. The predicted molar refractivity (Wildman–Crippen MR) is 81.1 cm³/mol. The zero-order chi connectivity index (χ0) is 18.6. The van der Waals surface area contributed by atoms with Gasteiger partial charge < -0.3 is 15.6 Å². The van der Waals surface area contributed by atoms with Gasteiger partial charge in [0.1, 0.15) is 11.6 Å². The van der Waals surface area contributed by atoms with Crippen LogP contribution in [-0.2, 0) is 6.42 Å². The van der Waals surface area contributed by atoms with Crippen molar-refractivity contribution in [1.82, 2.24) is 0 Å². The number of halogens is 5. The molecule has 25 heavy (non-hydrogen) atoms. The van der Waals surface area contributed by atoms with E-state index in [4.69, 9.17) is 5.73 Å². The number of aliphatic hydroxyl groups is 1. The molecule has 0 aliphatic carbocycles. The molecule has 2 unspecified atom stereocenters. The summed E-state index contributed by atoms with van der Waals surface area (Å²) in [5, 5.41) is 10.2. The van der Waals surface area contributed by atoms with E-state index in [9.17, 15) is 27.1 Å². The van der Waals surface area contributed by atoms with Crippen molar-refractivity contribution < 1.29 is 31.8 Å². The molecule has 0 aliphatic heterocycles. The van der Waals surface area contributed by atoms with Crippen molar-refractivity contribution in [3.8, 4) is 5.75 Å². The number of alkyl halides is 4. The van der Waals surface area contributed by atoms with Crippen LogP contribution in [0.2, 0.25) is 0 Å². The van der Waals surface area contributed by atoms with Crippen LogP contribution in [0.3, 0.4) is 0 Å². The van der Waals surface area contributed by atoms with Crippen LogP contribution >= 0.6 is 0 Å². The third-order valence-corrected chi connectivity index (χ3v) is 3.52. The first-order valence-corrected chi connectivity index (χ1v) is 7.32. The Kier molecular flexibility index (Phi) is 5.97. The average Bonchev–Trinajstić information content (AvgIpc) is 2.56. The normalized spacial score (nSPS) is 14.4. The summed E-state index contributed by atoms with van der Waals surface area (Å²) in [5.74, 6) is -0.859. The first-order chi connectivity index (χ1) is 11.7. The Morgan fingerprint density at radius 1 is 1.00 bits per heavy atom. The lowest BCUT2D eigenvalue weighted by molar-refractivity contribution is -0.253. The van der Waals surface area contributed by atoms with E-state index in [1.165, 1.54) is 36.4 Å². The zero-order valence-electron chi connectivity index (χ0n) is 12.9. The van der Waals surface area contributed by atoms with Crippen LogP contribution in [0.15, 0.2) is 48.5 Å². The second kappa shape index (κ2) is 7.79. The van der Waals surface area contributed by atoms with Crippen molar-refractivity contribution in [3.63, 3.8) is 0 Å². The molecule has 0 amide bonds. The Balaban J connectivity index is 1.99. The largest absolute Gasteiger partial charge is 0.461 e. The number of rotatable bonds is 7. The van der Waals surface area contributed by atoms with Crippen LogP contribution in [0, 0.1) is 5.82 Å². The maximum atomic E-state index is 12.9. The Hall–Kier alpha value is -2.19. The molecule has 2 aromatic rings. The van der Waals surface area contributed by atoms with E-state index < -0.39 is 36.2 Å². The minimum Gasteiger partial charge on any atom is -0.428 e. The summed E-state index contributed by atoms with van der Waals surface area (Å²) >= 11 is 0. The van der Waals surface area contributed by atoms with Crippen molar-refractivity contribution in [2.75, 3.05) is 0 Å². The molecule has 3 N–H and O–H groups in total. The van der Waals surface area contributed by atoms with E-state index in [0.717, 1.165) is 12.1 Å². The summed E-state index contributed by atoms with van der Waals surface area (Å²) in [5.41, 5.74) is 6.92. The molecule has 0 saturated carbocycles. The van der Waals surface area contributed by atoms with Gasteiger partial charge in [-0.25, -0.2) is 4.39 Å². The summed E-state index contributed by atoms with van der Waals surface area (Å²) in [7, 11) is 0. The Labute approximate surface area is 140 Å². The highest BCUT2D eigenvalue weighted by Crippen LogP contribution is 2.28. The molecule has 2 rings (SSSR count). The molecular formula is C17H16F5NO2. The zero-order valence-corrected chi connectivity index (χ0v) is 12.9.